The third-order valence-electron chi connectivity index (χ3n) is 4.93. The fourth-order valence-electron chi connectivity index (χ4n) is 3.10. The fraction of sp³-hybridized carbons (Fsp3) is 1.00. The number of hydrogen-bond donors (Lipinski definition) is 2. The normalized spacial score (nSPS) is 33.9. The number of rotatable bonds is 7. The van der Waals surface area contributed by atoms with Gasteiger partial charge in [-0.25, -0.2) is 0 Å². The van der Waals surface area contributed by atoms with Gasteiger partial charge in [0.1, 0.15) is 0 Å². The molecule has 0 spiro atoms. The van der Waals surface area contributed by atoms with E-state index in [4.69, 9.17) is 5.73 Å². The standard InChI is InChI=1S/C15H30N2/c1-13-6-8-15(11-16,9-7-13)12-17-10-2-3-14-4-5-14/h13-14,17H,2-12,16H2,1H3. The van der Waals surface area contributed by atoms with Crippen LogP contribution in [0.2, 0.25) is 0 Å². The summed E-state index contributed by atoms with van der Waals surface area (Å²) in [6, 6.07) is 0. The van der Waals surface area contributed by atoms with Crippen molar-refractivity contribution in [3.8, 4) is 0 Å². The molecule has 2 nitrogen and oxygen atoms in total. The van der Waals surface area contributed by atoms with E-state index >= 15 is 0 Å². The summed E-state index contributed by atoms with van der Waals surface area (Å²) in [5, 5.41) is 3.66. The Labute approximate surface area is 107 Å². The van der Waals surface area contributed by atoms with Crippen molar-refractivity contribution in [2.45, 2.75) is 58.3 Å². The minimum Gasteiger partial charge on any atom is -0.330 e. The van der Waals surface area contributed by atoms with E-state index in [1.54, 1.807) is 0 Å². The lowest BCUT2D eigenvalue weighted by Crippen LogP contribution is -2.43. The highest BCUT2D eigenvalue weighted by molar-refractivity contribution is 4.87. The van der Waals surface area contributed by atoms with Crippen LogP contribution in [0, 0.1) is 17.3 Å². The predicted octanol–water partition coefficient (Wildman–Crippen LogP) is 2.92. The van der Waals surface area contributed by atoms with Gasteiger partial charge in [-0.05, 0) is 56.0 Å². The molecule has 0 atom stereocenters. The molecule has 0 amide bonds. The van der Waals surface area contributed by atoms with Crippen LogP contribution in [0.3, 0.4) is 0 Å². The summed E-state index contributed by atoms with van der Waals surface area (Å²) in [5.41, 5.74) is 6.44. The van der Waals surface area contributed by atoms with Crippen molar-refractivity contribution in [2.75, 3.05) is 19.6 Å². The maximum atomic E-state index is 6.02. The summed E-state index contributed by atoms with van der Waals surface area (Å²) in [6.07, 6.45) is 11.2. The van der Waals surface area contributed by atoms with Crippen molar-refractivity contribution < 1.29 is 0 Å². The van der Waals surface area contributed by atoms with Crippen molar-refractivity contribution >= 4 is 0 Å². The second-order valence-electron chi connectivity index (χ2n) is 6.65. The van der Waals surface area contributed by atoms with Gasteiger partial charge in [0.25, 0.3) is 0 Å². The fourth-order valence-corrected chi connectivity index (χ4v) is 3.10. The zero-order valence-electron chi connectivity index (χ0n) is 11.5. The van der Waals surface area contributed by atoms with Crippen molar-refractivity contribution in [1.82, 2.24) is 5.32 Å². The highest BCUT2D eigenvalue weighted by Crippen LogP contribution is 2.37. The molecule has 2 aliphatic carbocycles. The smallest absolute Gasteiger partial charge is 0.00199 e. The Hall–Kier alpha value is -0.0800. The topological polar surface area (TPSA) is 38.0 Å². The highest BCUT2D eigenvalue weighted by Gasteiger charge is 2.32. The first-order valence-corrected chi connectivity index (χ1v) is 7.65. The van der Waals surface area contributed by atoms with Gasteiger partial charge >= 0.3 is 0 Å². The van der Waals surface area contributed by atoms with Crippen LogP contribution in [-0.4, -0.2) is 19.6 Å². The van der Waals surface area contributed by atoms with Crippen molar-refractivity contribution in [2.24, 2.45) is 23.0 Å². The first-order chi connectivity index (χ1) is 8.24. The van der Waals surface area contributed by atoms with Gasteiger partial charge in [0, 0.05) is 6.54 Å². The third kappa shape index (κ3) is 4.26. The van der Waals surface area contributed by atoms with E-state index in [1.807, 2.05) is 0 Å². The van der Waals surface area contributed by atoms with Crippen LogP contribution in [0.1, 0.15) is 58.3 Å². The largest absolute Gasteiger partial charge is 0.330 e. The van der Waals surface area contributed by atoms with Crippen LogP contribution >= 0.6 is 0 Å². The van der Waals surface area contributed by atoms with E-state index < -0.39 is 0 Å². The summed E-state index contributed by atoms with van der Waals surface area (Å²) in [4.78, 5) is 0. The second-order valence-corrected chi connectivity index (χ2v) is 6.65. The van der Waals surface area contributed by atoms with E-state index in [0.29, 0.717) is 5.41 Å². The highest BCUT2D eigenvalue weighted by atomic mass is 14.9. The molecule has 0 bridgehead atoms. The van der Waals surface area contributed by atoms with Crippen LogP contribution < -0.4 is 11.1 Å². The minimum atomic E-state index is 0.423. The Morgan fingerprint density at radius 1 is 1.18 bits per heavy atom. The molecule has 2 saturated carbocycles. The zero-order valence-corrected chi connectivity index (χ0v) is 11.5. The SMILES string of the molecule is CC1CCC(CN)(CNCCCC2CC2)CC1. The van der Waals surface area contributed by atoms with Gasteiger partial charge in [0.2, 0.25) is 0 Å². The Morgan fingerprint density at radius 3 is 2.47 bits per heavy atom. The van der Waals surface area contributed by atoms with E-state index in [2.05, 4.69) is 12.2 Å². The molecule has 0 saturated heterocycles. The summed E-state index contributed by atoms with van der Waals surface area (Å²) >= 11 is 0. The maximum absolute atomic E-state index is 6.02. The van der Waals surface area contributed by atoms with Crippen LogP contribution in [0.5, 0.6) is 0 Å². The number of hydrogen-bond acceptors (Lipinski definition) is 2. The van der Waals surface area contributed by atoms with E-state index in [9.17, 15) is 0 Å². The molecule has 0 aliphatic heterocycles. The van der Waals surface area contributed by atoms with Crippen LogP contribution in [0.25, 0.3) is 0 Å². The summed E-state index contributed by atoms with van der Waals surface area (Å²) in [7, 11) is 0. The maximum Gasteiger partial charge on any atom is 0.00199 e. The molecular weight excluding hydrogens is 208 g/mol. The lowest BCUT2D eigenvalue weighted by molar-refractivity contribution is 0.159. The molecule has 0 aromatic carbocycles. The van der Waals surface area contributed by atoms with Crippen molar-refractivity contribution in [3.63, 3.8) is 0 Å². The van der Waals surface area contributed by atoms with Gasteiger partial charge in [0.15, 0.2) is 0 Å². The molecule has 0 aromatic rings. The Balaban J connectivity index is 1.60. The molecule has 2 heteroatoms. The molecule has 0 radical (unpaired) electrons. The van der Waals surface area contributed by atoms with Gasteiger partial charge in [0.05, 0.1) is 0 Å². The first-order valence-electron chi connectivity index (χ1n) is 7.65. The molecule has 0 aromatic heterocycles. The third-order valence-corrected chi connectivity index (χ3v) is 4.93. The van der Waals surface area contributed by atoms with Crippen LogP contribution in [0.4, 0.5) is 0 Å². The lowest BCUT2D eigenvalue weighted by Gasteiger charge is -2.38. The molecule has 17 heavy (non-hydrogen) atoms. The number of nitrogens with one attached hydrogen (secondary N) is 1. The van der Waals surface area contributed by atoms with Crippen LogP contribution in [0.15, 0.2) is 0 Å². The Kier molecular flexibility index (Phi) is 4.87. The first kappa shape index (κ1) is 13.4. The van der Waals surface area contributed by atoms with E-state index in [-0.39, 0.29) is 0 Å². The lowest BCUT2D eigenvalue weighted by atomic mass is 9.71. The monoisotopic (exact) mass is 238 g/mol. The molecule has 2 aliphatic rings. The van der Waals surface area contributed by atoms with Crippen LogP contribution in [-0.2, 0) is 0 Å². The minimum absolute atomic E-state index is 0.423. The van der Waals surface area contributed by atoms with Gasteiger partial charge < -0.3 is 11.1 Å². The van der Waals surface area contributed by atoms with Crippen molar-refractivity contribution in [1.29, 1.82) is 0 Å². The molecule has 2 rings (SSSR count). The Bertz CT molecular complexity index is 215. The molecule has 0 heterocycles. The van der Waals surface area contributed by atoms with Gasteiger partial charge in [-0.15, -0.1) is 0 Å². The Morgan fingerprint density at radius 2 is 1.88 bits per heavy atom. The average molecular weight is 238 g/mol. The molecule has 3 N–H and O–H groups in total. The molecule has 0 unspecified atom stereocenters. The summed E-state index contributed by atoms with van der Waals surface area (Å²) < 4.78 is 0. The average Bonchev–Trinajstić information content (AvgIpc) is 3.16. The number of nitrogens with two attached hydrogens (primary N) is 1. The second kappa shape index (κ2) is 6.19. The summed E-state index contributed by atoms with van der Waals surface area (Å²) in [6.45, 7) is 5.60. The molecule has 2 fully saturated rings. The molecular formula is C15H30N2. The predicted molar refractivity (Wildman–Crippen MR) is 73.9 cm³/mol. The molecule has 100 valence electrons. The van der Waals surface area contributed by atoms with Crippen molar-refractivity contribution in [3.05, 3.63) is 0 Å². The van der Waals surface area contributed by atoms with Gasteiger partial charge in [-0.2, -0.15) is 0 Å². The van der Waals surface area contributed by atoms with Gasteiger partial charge in [-0.1, -0.05) is 32.6 Å². The van der Waals surface area contributed by atoms with E-state index in [1.165, 1.54) is 57.9 Å². The quantitative estimate of drug-likeness (QED) is 0.669. The zero-order chi connectivity index (χ0) is 12.1. The van der Waals surface area contributed by atoms with Gasteiger partial charge in [-0.3, -0.25) is 0 Å². The van der Waals surface area contributed by atoms with E-state index in [0.717, 1.165) is 24.9 Å². The summed E-state index contributed by atoms with van der Waals surface area (Å²) in [5.74, 6) is 2.00.